The van der Waals surface area contributed by atoms with E-state index in [2.05, 4.69) is 4.99 Å². The number of ether oxygens (including phenoxy) is 3. The first-order valence-corrected chi connectivity index (χ1v) is 11.7. The Hall–Kier alpha value is -3.65. The Morgan fingerprint density at radius 3 is 2.50 bits per heavy atom. The zero-order valence-corrected chi connectivity index (χ0v) is 20.6. The summed E-state index contributed by atoms with van der Waals surface area (Å²) < 4.78 is 18.1. The van der Waals surface area contributed by atoms with Crippen LogP contribution < -0.4 is 24.4 Å². The molecule has 1 aliphatic rings. The lowest BCUT2D eigenvalue weighted by Gasteiger charge is -2.24. The van der Waals surface area contributed by atoms with Crippen molar-refractivity contribution in [2.75, 3.05) is 20.8 Å². The first kappa shape index (κ1) is 23.5. The van der Waals surface area contributed by atoms with Crippen LogP contribution in [0.1, 0.15) is 36.6 Å². The number of fused-ring (bicyclic) bond motifs is 1. The van der Waals surface area contributed by atoms with Gasteiger partial charge in [0.1, 0.15) is 11.5 Å². The lowest BCUT2D eigenvalue weighted by molar-refractivity contribution is -0.139. The quantitative estimate of drug-likeness (QED) is 0.509. The van der Waals surface area contributed by atoms with Crippen molar-refractivity contribution in [2.24, 2.45) is 4.99 Å². The molecule has 0 bridgehead atoms. The first-order valence-electron chi connectivity index (χ1n) is 10.9. The summed E-state index contributed by atoms with van der Waals surface area (Å²) in [5.41, 5.74) is 3.28. The zero-order valence-electron chi connectivity index (χ0n) is 19.7. The van der Waals surface area contributed by atoms with Gasteiger partial charge in [0.25, 0.3) is 5.56 Å². The number of aromatic nitrogens is 1. The maximum Gasteiger partial charge on any atom is 0.338 e. The summed E-state index contributed by atoms with van der Waals surface area (Å²) in [5.74, 6) is 0.947. The van der Waals surface area contributed by atoms with Crippen LogP contribution in [0.2, 0.25) is 0 Å². The number of hydrogen-bond acceptors (Lipinski definition) is 7. The Labute approximate surface area is 201 Å². The molecule has 0 amide bonds. The number of thiazole rings is 1. The molecule has 1 atom stereocenters. The second-order valence-electron chi connectivity index (χ2n) is 7.80. The molecule has 34 heavy (non-hydrogen) atoms. The summed E-state index contributed by atoms with van der Waals surface area (Å²) in [7, 11) is 3.21. The van der Waals surface area contributed by atoms with E-state index in [0.717, 1.165) is 22.4 Å². The van der Waals surface area contributed by atoms with Gasteiger partial charge in [0.05, 0.1) is 42.7 Å². The van der Waals surface area contributed by atoms with Crippen molar-refractivity contribution in [3.8, 4) is 11.5 Å². The van der Waals surface area contributed by atoms with Gasteiger partial charge in [0.15, 0.2) is 4.80 Å². The third kappa shape index (κ3) is 4.28. The Morgan fingerprint density at radius 2 is 1.85 bits per heavy atom. The van der Waals surface area contributed by atoms with Crippen molar-refractivity contribution < 1.29 is 19.0 Å². The van der Waals surface area contributed by atoms with E-state index in [1.54, 1.807) is 32.6 Å². The Morgan fingerprint density at radius 1 is 1.12 bits per heavy atom. The second kappa shape index (κ2) is 9.69. The average molecular weight is 479 g/mol. The average Bonchev–Trinajstić information content (AvgIpc) is 3.13. The minimum Gasteiger partial charge on any atom is -0.497 e. The monoisotopic (exact) mass is 478 g/mol. The molecule has 0 spiro atoms. The molecule has 1 aromatic heterocycles. The van der Waals surface area contributed by atoms with E-state index in [0.29, 0.717) is 26.4 Å². The standard InChI is InChI=1S/C26H26N2O5S/c1-6-33-25(30)22-16(3)27-26-28(23(22)18-9-11-19(31-4)12-10-18)24(29)21(34-26)14-17-8-7-15(2)20(13-17)32-5/h7-14,23H,6H2,1-5H3. The van der Waals surface area contributed by atoms with E-state index in [1.807, 2.05) is 55.5 Å². The number of carbonyl (C=O) groups is 1. The van der Waals surface area contributed by atoms with E-state index in [-0.39, 0.29) is 12.2 Å². The van der Waals surface area contributed by atoms with E-state index in [4.69, 9.17) is 14.2 Å². The van der Waals surface area contributed by atoms with Gasteiger partial charge in [-0.1, -0.05) is 35.6 Å². The van der Waals surface area contributed by atoms with Crippen molar-refractivity contribution in [2.45, 2.75) is 26.8 Å². The molecule has 1 aliphatic heterocycles. The molecule has 0 saturated carbocycles. The molecule has 0 N–H and O–H groups in total. The van der Waals surface area contributed by atoms with E-state index >= 15 is 0 Å². The van der Waals surface area contributed by atoms with Gasteiger partial charge in [0.2, 0.25) is 0 Å². The lowest BCUT2D eigenvalue weighted by Crippen LogP contribution is -2.39. The highest BCUT2D eigenvalue weighted by atomic mass is 32.1. The van der Waals surface area contributed by atoms with Crippen molar-refractivity contribution in [3.05, 3.63) is 90.1 Å². The number of rotatable bonds is 6. The molecule has 176 valence electrons. The summed E-state index contributed by atoms with van der Waals surface area (Å²) in [6.07, 6.45) is 1.82. The van der Waals surface area contributed by atoms with E-state index in [1.165, 1.54) is 11.3 Å². The fourth-order valence-corrected chi connectivity index (χ4v) is 5.02. The molecular formula is C26H26N2O5S. The molecule has 8 heteroatoms. The smallest absolute Gasteiger partial charge is 0.338 e. The third-order valence-electron chi connectivity index (χ3n) is 5.68. The summed E-state index contributed by atoms with van der Waals surface area (Å²) in [4.78, 5) is 31.7. The molecule has 2 heterocycles. The number of hydrogen-bond donors (Lipinski definition) is 0. The number of aryl methyl sites for hydroxylation is 1. The van der Waals surface area contributed by atoms with Gasteiger partial charge in [-0.15, -0.1) is 0 Å². The third-order valence-corrected chi connectivity index (χ3v) is 6.66. The number of methoxy groups -OCH3 is 2. The minimum atomic E-state index is -0.657. The number of esters is 1. The van der Waals surface area contributed by atoms with Gasteiger partial charge < -0.3 is 14.2 Å². The fourth-order valence-electron chi connectivity index (χ4n) is 3.97. The number of carbonyl (C=O) groups excluding carboxylic acids is 1. The highest BCUT2D eigenvalue weighted by molar-refractivity contribution is 7.07. The fraction of sp³-hybridized carbons (Fsp3) is 0.269. The molecule has 7 nitrogen and oxygen atoms in total. The summed E-state index contributed by atoms with van der Waals surface area (Å²) in [5, 5.41) is 0. The largest absolute Gasteiger partial charge is 0.497 e. The highest BCUT2D eigenvalue weighted by Crippen LogP contribution is 2.31. The van der Waals surface area contributed by atoms with E-state index in [9.17, 15) is 9.59 Å². The van der Waals surface area contributed by atoms with Gasteiger partial charge in [-0.3, -0.25) is 9.36 Å². The Bertz CT molecular complexity index is 1450. The molecule has 0 radical (unpaired) electrons. The molecular weight excluding hydrogens is 452 g/mol. The maximum atomic E-state index is 13.6. The summed E-state index contributed by atoms with van der Waals surface area (Å²) >= 11 is 1.29. The summed E-state index contributed by atoms with van der Waals surface area (Å²) in [6, 6.07) is 12.4. The number of allylic oxidation sites excluding steroid dienone is 1. The second-order valence-corrected chi connectivity index (χ2v) is 8.81. The molecule has 0 fully saturated rings. The van der Waals surface area contributed by atoms with Crippen LogP contribution in [0, 0.1) is 6.92 Å². The van der Waals surface area contributed by atoms with Crippen molar-refractivity contribution >= 4 is 23.4 Å². The SMILES string of the molecule is CCOC(=O)C1=C(C)N=c2sc(=Cc3ccc(C)c(OC)c3)c(=O)n2C1c1ccc(OC)cc1. The van der Waals surface area contributed by atoms with Crippen molar-refractivity contribution in [1.29, 1.82) is 0 Å². The normalized spacial score (nSPS) is 15.6. The van der Waals surface area contributed by atoms with Gasteiger partial charge in [-0.2, -0.15) is 0 Å². The van der Waals surface area contributed by atoms with Crippen LogP contribution >= 0.6 is 11.3 Å². The van der Waals surface area contributed by atoms with Crippen molar-refractivity contribution in [1.82, 2.24) is 4.57 Å². The predicted octanol–water partition coefficient (Wildman–Crippen LogP) is 3.12. The molecule has 4 rings (SSSR count). The maximum absolute atomic E-state index is 13.6. The molecule has 3 aromatic rings. The Kier molecular flexibility index (Phi) is 6.70. The van der Waals surface area contributed by atoms with Gasteiger partial charge in [-0.05, 0) is 61.7 Å². The van der Waals surface area contributed by atoms with Crippen LogP contribution in [0.4, 0.5) is 0 Å². The van der Waals surface area contributed by atoms with Gasteiger partial charge >= 0.3 is 5.97 Å². The number of benzene rings is 2. The first-order chi connectivity index (χ1) is 16.4. The lowest BCUT2D eigenvalue weighted by atomic mass is 9.96. The van der Waals surface area contributed by atoms with Crippen LogP contribution in [-0.2, 0) is 9.53 Å². The predicted molar refractivity (Wildman–Crippen MR) is 131 cm³/mol. The van der Waals surface area contributed by atoms with Crippen LogP contribution in [0.15, 0.2) is 63.5 Å². The topological polar surface area (TPSA) is 79.1 Å². The van der Waals surface area contributed by atoms with Gasteiger partial charge in [-0.25, -0.2) is 9.79 Å². The van der Waals surface area contributed by atoms with Crippen molar-refractivity contribution in [3.63, 3.8) is 0 Å². The highest BCUT2D eigenvalue weighted by Gasteiger charge is 2.33. The molecule has 1 unspecified atom stereocenters. The van der Waals surface area contributed by atoms with E-state index < -0.39 is 12.0 Å². The Balaban J connectivity index is 1.93. The van der Waals surface area contributed by atoms with Crippen LogP contribution in [0.25, 0.3) is 6.08 Å². The van der Waals surface area contributed by atoms with Crippen LogP contribution in [0.5, 0.6) is 11.5 Å². The summed E-state index contributed by atoms with van der Waals surface area (Å²) in [6.45, 7) is 5.71. The van der Waals surface area contributed by atoms with Crippen LogP contribution in [-0.4, -0.2) is 31.4 Å². The zero-order chi connectivity index (χ0) is 24.4. The minimum absolute atomic E-state index is 0.224. The van der Waals surface area contributed by atoms with Crippen LogP contribution in [0.3, 0.4) is 0 Å². The molecule has 0 aliphatic carbocycles. The van der Waals surface area contributed by atoms with Gasteiger partial charge in [0, 0.05) is 0 Å². The number of nitrogens with zero attached hydrogens (tertiary/aromatic N) is 2. The molecule has 2 aromatic carbocycles. The molecule has 0 saturated heterocycles.